The fourth-order valence-corrected chi connectivity index (χ4v) is 3.81. The number of benzene rings is 3. The smallest absolute Gasteiger partial charge is 0.283 e. The molecular formula is C26H22ClN3O5. The van der Waals surface area contributed by atoms with Gasteiger partial charge in [0, 0.05) is 17.3 Å². The maximum Gasteiger partial charge on any atom is 0.283 e. The van der Waals surface area contributed by atoms with Gasteiger partial charge in [0.2, 0.25) is 0 Å². The summed E-state index contributed by atoms with van der Waals surface area (Å²) in [6.07, 6.45) is 0. The molecule has 1 heterocycles. The Morgan fingerprint density at radius 1 is 0.914 bits per heavy atom. The Kier molecular flexibility index (Phi) is 6.75. The van der Waals surface area contributed by atoms with Crippen molar-refractivity contribution in [3.05, 3.63) is 88.6 Å². The predicted octanol–water partition coefficient (Wildman–Crippen LogP) is 4.70. The second-order valence-corrected chi connectivity index (χ2v) is 8.02. The van der Waals surface area contributed by atoms with Gasteiger partial charge in [-0.2, -0.15) is 0 Å². The van der Waals surface area contributed by atoms with E-state index < -0.39 is 11.8 Å². The number of rotatable bonds is 7. The van der Waals surface area contributed by atoms with E-state index in [0.717, 1.165) is 10.5 Å². The minimum atomic E-state index is -0.600. The van der Waals surface area contributed by atoms with Crippen LogP contribution in [0.3, 0.4) is 0 Å². The van der Waals surface area contributed by atoms with Gasteiger partial charge in [-0.15, -0.1) is 0 Å². The number of nitrogens with zero attached hydrogens (tertiary/aromatic N) is 1. The highest BCUT2D eigenvalue weighted by Crippen LogP contribution is 2.32. The van der Waals surface area contributed by atoms with Crippen molar-refractivity contribution in [2.45, 2.75) is 6.92 Å². The fourth-order valence-electron chi connectivity index (χ4n) is 3.60. The highest BCUT2D eigenvalue weighted by molar-refractivity contribution is 6.53. The molecule has 3 aromatic carbocycles. The number of hydrogen-bond donors (Lipinski definition) is 2. The van der Waals surface area contributed by atoms with Crippen molar-refractivity contribution in [2.75, 3.05) is 29.8 Å². The van der Waals surface area contributed by atoms with Crippen LogP contribution >= 0.6 is 11.6 Å². The van der Waals surface area contributed by atoms with Crippen LogP contribution in [0, 0.1) is 6.92 Å². The number of nitrogens with one attached hydrogen (secondary N) is 2. The molecule has 0 spiro atoms. The van der Waals surface area contributed by atoms with Gasteiger partial charge in [0.25, 0.3) is 17.7 Å². The Morgan fingerprint density at radius 2 is 1.63 bits per heavy atom. The van der Waals surface area contributed by atoms with Gasteiger partial charge in [-0.3, -0.25) is 14.4 Å². The van der Waals surface area contributed by atoms with Crippen molar-refractivity contribution in [1.29, 1.82) is 0 Å². The van der Waals surface area contributed by atoms with E-state index in [4.69, 9.17) is 21.1 Å². The normalized spacial score (nSPS) is 13.2. The molecule has 8 nitrogen and oxygen atoms in total. The van der Waals surface area contributed by atoms with E-state index in [-0.39, 0.29) is 16.6 Å². The Balaban J connectivity index is 1.50. The summed E-state index contributed by atoms with van der Waals surface area (Å²) >= 11 is 6.21. The minimum absolute atomic E-state index is 0.0294. The number of para-hydroxylation sites is 1. The van der Waals surface area contributed by atoms with Gasteiger partial charge in [-0.05, 0) is 55.0 Å². The van der Waals surface area contributed by atoms with Gasteiger partial charge in [-0.1, -0.05) is 29.8 Å². The number of imide groups is 1. The van der Waals surface area contributed by atoms with Gasteiger partial charge in [-0.25, -0.2) is 4.90 Å². The molecule has 178 valence electrons. The molecule has 3 amide bonds. The molecule has 0 atom stereocenters. The average molecular weight is 492 g/mol. The van der Waals surface area contributed by atoms with Crippen molar-refractivity contribution in [1.82, 2.24) is 0 Å². The topological polar surface area (TPSA) is 97.0 Å². The maximum atomic E-state index is 13.0. The van der Waals surface area contributed by atoms with E-state index in [1.165, 1.54) is 14.2 Å². The lowest BCUT2D eigenvalue weighted by molar-refractivity contribution is -0.120. The van der Waals surface area contributed by atoms with Crippen molar-refractivity contribution < 1.29 is 23.9 Å². The number of ether oxygens (including phenoxy) is 2. The highest BCUT2D eigenvalue weighted by Gasteiger charge is 2.39. The standard InChI is InChI=1S/C26H22ClN3O5/c1-15-6-4-5-7-20(15)30-25(32)22(27)23(26(30)33)28-17-10-8-16(9-11-17)24(31)29-19-14-18(34-2)12-13-21(19)35-3/h4-14,28H,1-3H3,(H,29,31). The second kappa shape index (κ2) is 9.90. The van der Waals surface area contributed by atoms with Crippen LogP contribution in [0.5, 0.6) is 11.5 Å². The molecule has 0 unspecified atom stereocenters. The van der Waals surface area contributed by atoms with Gasteiger partial charge in [0.15, 0.2) is 0 Å². The molecule has 9 heteroatoms. The Labute approximate surface area is 207 Å². The highest BCUT2D eigenvalue weighted by atomic mass is 35.5. The SMILES string of the molecule is COc1ccc(OC)c(NC(=O)c2ccc(NC3=C(Cl)C(=O)N(c4ccccc4C)C3=O)cc2)c1. The van der Waals surface area contributed by atoms with Gasteiger partial charge in [0.05, 0.1) is 25.6 Å². The quantitative estimate of drug-likeness (QED) is 0.465. The predicted molar refractivity (Wildman–Crippen MR) is 134 cm³/mol. The van der Waals surface area contributed by atoms with Crippen LogP contribution in [0.25, 0.3) is 0 Å². The van der Waals surface area contributed by atoms with Crippen LogP contribution in [0.4, 0.5) is 17.1 Å². The van der Waals surface area contributed by atoms with E-state index >= 15 is 0 Å². The first-order valence-electron chi connectivity index (χ1n) is 10.6. The number of anilines is 3. The molecule has 0 saturated heterocycles. The van der Waals surface area contributed by atoms with E-state index in [9.17, 15) is 14.4 Å². The lowest BCUT2D eigenvalue weighted by atomic mass is 10.1. The third-order valence-corrected chi connectivity index (χ3v) is 5.81. The summed E-state index contributed by atoms with van der Waals surface area (Å²) in [7, 11) is 3.04. The van der Waals surface area contributed by atoms with E-state index in [0.29, 0.717) is 34.1 Å². The van der Waals surface area contributed by atoms with Crippen LogP contribution in [-0.4, -0.2) is 31.9 Å². The Hall–Kier alpha value is -4.30. The number of halogens is 1. The molecule has 2 N–H and O–H groups in total. The van der Waals surface area contributed by atoms with Gasteiger partial charge < -0.3 is 20.1 Å². The third kappa shape index (κ3) is 4.69. The molecule has 0 saturated carbocycles. The second-order valence-electron chi connectivity index (χ2n) is 7.64. The molecule has 1 aliphatic heterocycles. The molecule has 0 aromatic heterocycles. The fraction of sp³-hybridized carbons (Fsp3) is 0.115. The molecule has 35 heavy (non-hydrogen) atoms. The van der Waals surface area contributed by atoms with Crippen LogP contribution < -0.4 is 25.0 Å². The minimum Gasteiger partial charge on any atom is -0.497 e. The van der Waals surface area contributed by atoms with Gasteiger partial charge in [0.1, 0.15) is 22.2 Å². The number of aryl methyl sites for hydroxylation is 1. The number of carbonyl (C=O) groups is 3. The van der Waals surface area contributed by atoms with Gasteiger partial charge >= 0.3 is 0 Å². The van der Waals surface area contributed by atoms with Crippen molar-refractivity contribution >= 4 is 46.4 Å². The summed E-state index contributed by atoms with van der Waals surface area (Å²) in [5, 5.41) is 5.50. The third-order valence-electron chi connectivity index (χ3n) is 5.45. The largest absolute Gasteiger partial charge is 0.497 e. The molecule has 0 aliphatic carbocycles. The molecule has 1 aliphatic rings. The van der Waals surface area contributed by atoms with E-state index in [2.05, 4.69) is 10.6 Å². The zero-order valence-electron chi connectivity index (χ0n) is 19.2. The van der Waals surface area contributed by atoms with Crippen LogP contribution in [0.1, 0.15) is 15.9 Å². The Morgan fingerprint density at radius 3 is 2.29 bits per heavy atom. The molecule has 0 bridgehead atoms. The first kappa shape index (κ1) is 23.8. The molecule has 3 aromatic rings. The zero-order chi connectivity index (χ0) is 25.1. The number of carbonyl (C=O) groups excluding carboxylic acids is 3. The maximum absolute atomic E-state index is 13.0. The van der Waals surface area contributed by atoms with Crippen LogP contribution in [-0.2, 0) is 9.59 Å². The number of amides is 3. The summed E-state index contributed by atoms with van der Waals surface area (Å²) in [5.41, 5.74) is 2.53. The summed E-state index contributed by atoms with van der Waals surface area (Å²) < 4.78 is 10.5. The lowest BCUT2D eigenvalue weighted by Gasteiger charge is -2.17. The summed E-state index contributed by atoms with van der Waals surface area (Å²) in [6, 6.07) is 18.5. The van der Waals surface area contributed by atoms with E-state index in [1.54, 1.807) is 67.6 Å². The van der Waals surface area contributed by atoms with Crippen molar-refractivity contribution in [3.63, 3.8) is 0 Å². The average Bonchev–Trinajstić information content (AvgIpc) is 3.07. The molecule has 0 fully saturated rings. The van der Waals surface area contributed by atoms with Crippen molar-refractivity contribution in [2.24, 2.45) is 0 Å². The number of methoxy groups -OCH3 is 2. The van der Waals surface area contributed by atoms with Crippen molar-refractivity contribution in [3.8, 4) is 11.5 Å². The monoisotopic (exact) mass is 491 g/mol. The lowest BCUT2D eigenvalue weighted by Crippen LogP contribution is -2.32. The molecular weight excluding hydrogens is 470 g/mol. The summed E-state index contributed by atoms with van der Waals surface area (Å²) in [5.74, 6) is -0.459. The zero-order valence-corrected chi connectivity index (χ0v) is 20.0. The van der Waals surface area contributed by atoms with E-state index in [1.807, 2.05) is 6.07 Å². The first-order valence-corrected chi connectivity index (χ1v) is 11.0. The first-order chi connectivity index (χ1) is 16.8. The summed E-state index contributed by atoms with van der Waals surface area (Å²) in [6.45, 7) is 1.81. The molecule has 4 rings (SSSR count). The molecule has 0 radical (unpaired) electrons. The Bertz CT molecular complexity index is 1350. The van der Waals surface area contributed by atoms with Crippen LogP contribution in [0.2, 0.25) is 0 Å². The number of hydrogen-bond acceptors (Lipinski definition) is 6. The summed E-state index contributed by atoms with van der Waals surface area (Å²) in [4.78, 5) is 39.5. The van der Waals surface area contributed by atoms with Crippen LogP contribution in [0.15, 0.2) is 77.5 Å².